The summed E-state index contributed by atoms with van der Waals surface area (Å²) in [5.74, 6) is 2.83. The highest BCUT2D eigenvalue weighted by atomic mass is 32.1. The van der Waals surface area contributed by atoms with Gasteiger partial charge in [0.05, 0.1) is 22.3 Å². The first-order valence-electron chi connectivity index (χ1n) is 12.1. The molecule has 2 saturated heterocycles. The number of hydrogen-bond acceptors (Lipinski definition) is 7. The Labute approximate surface area is 208 Å². The van der Waals surface area contributed by atoms with Crippen LogP contribution < -0.4 is 4.74 Å². The summed E-state index contributed by atoms with van der Waals surface area (Å²) in [6.07, 6.45) is 0.385. The number of thiazole rings is 1. The number of amides is 1. The molecule has 0 bridgehead atoms. The van der Waals surface area contributed by atoms with Gasteiger partial charge in [0.15, 0.2) is 0 Å². The Bertz CT molecular complexity index is 1300. The molecule has 2 atom stereocenters. The van der Waals surface area contributed by atoms with Gasteiger partial charge in [-0.3, -0.25) is 9.69 Å². The molecule has 8 heteroatoms. The lowest BCUT2D eigenvalue weighted by Gasteiger charge is -2.22. The maximum atomic E-state index is 12.9. The van der Waals surface area contributed by atoms with Crippen LogP contribution in [-0.4, -0.2) is 52.0 Å². The summed E-state index contributed by atoms with van der Waals surface area (Å²) in [7, 11) is 0. The molecule has 35 heavy (non-hydrogen) atoms. The SMILES string of the molecule is Cc1noc(C)c1CC(=O)N1CC2CN(Cc3ccc(Oc4nc5ccccc5s4)cc3)CC2C1. The van der Waals surface area contributed by atoms with E-state index >= 15 is 0 Å². The van der Waals surface area contributed by atoms with Gasteiger partial charge >= 0.3 is 0 Å². The molecule has 180 valence electrons. The van der Waals surface area contributed by atoms with Gasteiger partial charge in [0.2, 0.25) is 5.91 Å². The average molecular weight is 489 g/mol. The van der Waals surface area contributed by atoms with E-state index in [9.17, 15) is 4.79 Å². The van der Waals surface area contributed by atoms with Crippen LogP contribution in [0.15, 0.2) is 53.1 Å². The van der Waals surface area contributed by atoms with E-state index in [0.29, 0.717) is 23.5 Å². The molecule has 4 heterocycles. The van der Waals surface area contributed by atoms with Crippen molar-refractivity contribution in [3.63, 3.8) is 0 Å². The molecular formula is C27H28N4O3S. The minimum atomic E-state index is 0.184. The van der Waals surface area contributed by atoms with Crippen molar-refractivity contribution >= 4 is 27.5 Å². The smallest absolute Gasteiger partial charge is 0.279 e. The van der Waals surface area contributed by atoms with Crippen LogP contribution in [0.5, 0.6) is 10.9 Å². The maximum Gasteiger partial charge on any atom is 0.279 e. The molecule has 2 aliphatic heterocycles. The fourth-order valence-corrected chi connectivity index (χ4v) is 6.19. The lowest BCUT2D eigenvalue weighted by molar-refractivity contribution is -0.129. The number of aryl methyl sites for hydroxylation is 2. The van der Waals surface area contributed by atoms with E-state index in [1.165, 1.54) is 5.56 Å². The third kappa shape index (κ3) is 4.56. The molecule has 2 aliphatic rings. The van der Waals surface area contributed by atoms with Gasteiger partial charge in [-0.05, 0) is 55.5 Å². The van der Waals surface area contributed by atoms with Crippen LogP contribution in [-0.2, 0) is 17.8 Å². The first kappa shape index (κ1) is 22.2. The number of aromatic nitrogens is 2. The quantitative estimate of drug-likeness (QED) is 0.387. The number of hydrogen-bond donors (Lipinski definition) is 0. The Morgan fingerprint density at radius 3 is 2.49 bits per heavy atom. The van der Waals surface area contributed by atoms with Gasteiger partial charge in [-0.2, -0.15) is 0 Å². The molecule has 2 fully saturated rings. The lowest BCUT2D eigenvalue weighted by Crippen LogP contribution is -2.34. The number of fused-ring (bicyclic) bond motifs is 2. The molecular weight excluding hydrogens is 460 g/mol. The largest absolute Gasteiger partial charge is 0.431 e. The number of ether oxygens (including phenoxy) is 1. The molecule has 2 aromatic heterocycles. The second-order valence-corrected chi connectivity index (χ2v) is 10.7. The predicted octanol–water partition coefficient (Wildman–Crippen LogP) is 4.83. The highest BCUT2D eigenvalue weighted by molar-refractivity contribution is 7.20. The average Bonchev–Trinajstić information content (AvgIpc) is 3.60. The van der Waals surface area contributed by atoms with Crippen LogP contribution in [0.3, 0.4) is 0 Å². The number of para-hydroxylation sites is 1. The van der Waals surface area contributed by atoms with Crippen molar-refractivity contribution in [2.45, 2.75) is 26.8 Å². The van der Waals surface area contributed by atoms with Gasteiger partial charge < -0.3 is 14.2 Å². The zero-order valence-electron chi connectivity index (χ0n) is 19.9. The van der Waals surface area contributed by atoms with E-state index in [1.807, 2.05) is 49.1 Å². The van der Waals surface area contributed by atoms with Gasteiger partial charge in [0.25, 0.3) is 5.19 Å². The van der Waals surface area contributed by atoms with Crippen molar-refractivity contribution in [1.82, 2.24) is 19.9 Å². The van der Waals surface area contributed by atoms with E-state index in [0.717, 1.165) is 65.7 Å². The standard InChI is InChI=1S/C27H28N4O3S/c1-17-23(18(2)34-29-17)11-26(32)31-15-20-13-30(14-21(20)16-31)12-19-7-9-22(10-8-19)33-27-28-24-5-3-4-6-25(24)35-27/h3-10,20-21H,11-16H2,1-2H3. The molecule has 6 rings (SSSR count). The lowest BCUT2D eigenvalue weighted by atomic mass is 10.0. The minimum Gasteiger partial charge on any atom is -0.431 e. The zero-order valence-corrected chi connectivity index (χ0v) is 20.8. The van der Waals surface area contributed by atoms with Crippen molar-refractivity contribution in [3.8, 4) is 10.9 Å². The minimum absolute atomic E-state index is 0.184. The van der Waals surface area contributed by atoms with Crippen molar-refractivity contribution < 1.29 is 14.1 Å². The van der Waals surface area contributed by atoms with Crippen LogP contribution in [0, 0.1) is 25.7 Å². The Hall–Kier alpha value is -3.23. The molecule has 0 saturated carbocycles. The maximum absolute atomic E-state index is 12.9. The van der Waals surface area contributed by atoms with E-state index in [2.05, 4.69) is 33.2 Å². The highest BCUT2D eigenvalue weighted by Gasteiger charge is 2.41. The summed E-state index contributed by atoms with van der Waals surface area (Å²) in [5.41, 5.74) is 3.99. The van der Waals surface area contributed by atoms with Crippen molar-refractivity contribution in [2.24, 2.45) is 11.8 Å². The second-order valence-electron chi connectivity index (χ2n) is 9.69. The summed E-state index contributed by atoms with van der Waals surface area (Å²) in [6, 6.07) is 16.4. The van der Waals surface area contributed by atoms with Crippen LogP contribution in [0.4, 0.5) is 0 Å². The number of nitrogens with zero attached hydrogens (tertiary/aromatic N) is 4. The number of carbonyl (C=O) groups excluding carboxylic acids is 1. The van der Waals surface area contributed by atoms with E-state index < -0.39 is 0 Å². The summed E-state index contributed by atoms with van der Waals surface area (Å²) >= 11 is 1.56. The van der Waals surface area contributed by atoms with Gasteiger partial charge in [-0.15, -0.1) is 0 Å². The van der Waals surface area contributed by atoms with Gasteiger partial charge in [0, 0.05) is 38.3 Å². The normalized spacial score (nSPS) is 20.0. The van der Waals surface area contributed by atoms with E-state index in [4.69, 9.17) is 9.26 Å². The van der Waals surface area contributed by atoms with Crippen molar-refractivity contribution in [2.75, 3.05) is 26.2 Å². The molecule has 0 N–H and O–H groups in total. The fourth-order valence-electron chi connectivity index (χ4n) is 5.36. The molecule has 2 unspecified atom stereocenters. The first-order valence-corrected chi connectivity index (χ1v) is 12.9. The number of rotatable bonds is 6. The number of benzene rings is 2. The van der Waals surface area contributed by atoms with Crippen LogP contribution in [0.1, 0.15) is 22.6 Å². The Balaban J connectivity index is 1.01. The molecule has 4 aromatic rings. The molecule has 0 spiro atoms. The molecule has 0 aliphatic carbocycles. The zero-order chi connectivity index (χ0) is 23.9. The third-order valence-electron chi connectivity index (χ3n) is 7.23. The van der Waals surface area contributed by atoms with Gasteiger partial charge in [-0.25, -0.2) is 4.98 Å². The van der Waals surface area contributed by atoms with E-state index in [1.54, 1.807) is 11.3 Å². The first-order chi connectivity index (χ1) is 17.0. The predicted molar refractivity (Wildman–Crippen MR) is 135 cm³/mol. The third-order valence-corrected chi connectivity index (χ3v) is 8.15. The van der Waals surface area contributed by atoms with Crippen LogP contribution >= 0.6 is 11.3 Å². The second kappa shape index (κ2) is 9.09. The van der Waals surface area contributed by atoms with Crippen LogP contribution in [0.2, 0.25) is 0 Å². The van der Waals surface area contributed by atoms with Gasteiger partial charge in [0.1, 0.15) is 11.5 Å². The topological polar surface area (TPSA) is 71.7 Å². The monoisotopic (exact) mass is 488 g/mol. The van der Waals surface area contributed by atoms with Crippen molar-refractivity contribution in [1.29, 1.82) is 0 Å². The number of likely N-dealkylation sites (tertiary alicyclic amines) is 2. The van der Waals surface area contributed by atoms with E-state index in [-0.39, 0.29) is 5.91 Å². The van der Waals surface area contributed by atoms with Gasteiger partial charge in [-0.1, -0.05) is 40.8 Å². The molecule has 0 radical (unpaired) electrons. The Morgan fingerprint density at radius 2 is 1.80 bits per heavy atom. The summed E-state index contributed by atoms with van der Waals surface area (Å²) in [6.45, 7) is 8.44. The fraction of sp³-hybridized carbons (Fsp3) is 0.370. The van der Waals surface area contributed by atoms with Crippen LogP contribution in [0.25, 0.3) is 10.2 Å². The summed E-state index contributed by atoms with van der Waals surface area (Å²) in [5, 5.41) is 4.64. The molecule has 2 aromatic carbocycles. The number of carbonyl (C=O) groups is 1. The Morgan fingerprint density at radius 1 is 1.06 bits per heavy atom. The summed E-state index contributed by atoms with van der Waals surface area (Å²) in [4.78, 5) is 22.0. The van der Waals surface area contributed by atoms with Crippen molar-refractivity contribution in [3.05, 3.63) is 71.1 Å². The highest BCUT2D eigenvalue weighted by Crippen LogP contribution is 2.34. The molecule has 7 nitrogen and oxygen atoms in total. The molecule has 1 amide bonds. The Kier molecular flexibility index (Phi) is 5.78. The summed E-state index contributed by atoms with van der Waals surface area (Å²) < 4.78 is 12.3.